The first-order chi connectivity index (χ1) is 17.4. The number of nitrogens with one attached hydrogen (secondary N) is 3. The number of anilines is 1. The molecule has 0 spiro atoms. The van der Waals surface area contributed by atoms with E-state index in [2.05, 4.69) is 20.0 Å². The Bertz CT molecular complexity index is 1630. The maximum absolute atomic E-state index is 13.2. The number of benzene rings is 4. The van der Waals surface area contributed by atoms with E-state index in [0.717, 1.165) is 27.7 Å². The van der Waals surface area contributed by atoms with Gasteiger partial charge in [0.1, 0.15) is 0 Å². The maximum Gasteiger partial charge on any atom is 0.261 e. The van der Waals surface area contributed by atoms with Gasteiger partial charge in [0.2, 0.25) is 0 Å². The molecule has 1 atom stereocenters. The highest BCUT2D eigenvalue weighted by Crippen LogP contribution is 2.25. The van der Waals surface area contributed by atoms with Crippen molar-refractivity contribution in [2.75, 3.05) is 4.72 Å². The zero-order valence-electron chi connectivity index (χ0n) is 19.5. The van der Waals surface area contributed by atoms with E-state index in [9.17, 15) is 13.2 Å². The Morgan fingerprint density at radius 2 is 1.58 bits per heavy atom. The van der Waals surface area contributed by atoms with Crippen molar-refractivity contribution in [2.45, 2.75) is 17.9 Å². The van der Waals surface area contributed by atoms with Gasteiger partial charge in [-0.3, -0.25) is 9.52 Å². The molecular formula is C28H24N4O3S. The number of carbonyl (C=O) groups is 1. The summed E-state index contributed by atoms with van der Waals surface area (Å²) in [5.41, 5.74) is 5.22. The van der Waals surface area contributed by atoms with Crippen LogP contribution >= 0.6 is 0 Å². The number of aromatic amines is 1. The standard InChI is InChI=1S/C28H24N4O3S/c1-19-7-5-6-10-24(19)32-36(34,35)23-14-11-21(12-15-23)28(33)31-27(20-8-3-2-4-9-20)22-13-16-25-26(17-22)30-18-29-25/h2-18,27,32H,1H3,(H,29,30)(H,31,33). The molecule has 1 aromatic heterocycles. The van der Waals surface area contributed by atoms with Gasteiger partial charge >= 0.3 is 0 Å². The highest BCUT2D eigenvalue weighted by atomic mass is 32.2. The molecule has 1 heterocycles. The molecule has 0 fully saturated rings. The third-order valence-corrected chi connectivity index (χ3v) is 7.38. The van der Waals surface area contributed by atoms with Crippen LogP contribution in [-0.4, -0.2) is 24.3 Å². The molecule has 0 aliphatic carbocycles. The van der Waals surface area contributed by atoms with Crippen molar-refractivity contribution in [1.29, 1.82) is 0 Å². The van der Waals surface area contributed by atoms with Crippen molar-refractivity contribution in [3.05, 3.63) is 126 Å². The predicted octanol–water partition coefficient (Wildman–Crippen LogP) is 5.19. The Morgan fingerprint density at radius 3 is 2.33 bits per heavy atom. The SMILES string of the molecule is Cc1ccccc1NS(=O)(=O)c1ccc(C(=O)NC(c2ccccc2)c2ccc3nc[nH]c3c2)cc1. The summed E-state index contributed by atoms with van der Waals surface area (Å²) in [6, 6.07) is 28.1. The van der Waals surface area contributed by atoms with Gasteiger partial charge in [0.05, 0.1) is 34.0 Å². The Hall–Kier alpha value is -4.43. The van der Waals surface area contributed by atoms with Gasteiger partial charge in [-0.25, -0.2) is 13.4 Å². The van der Waals surface area contributed by atoms with Crippen molar-refractivity contribution in [3.8, 4) is 0 Å². The highest BCUT2D eigenvalue weighted by molar-refractivity contribution is 7.92. The summed E-state index contributed by atoms with van der Waals surface area (Å²) in [4.78, 5) is 20.7. The fraction of sp³-hybridized carbons (Fsp3) is 0.0714. The molecule has 5 rings (SSSR count). The average Bonchev–Trinajstić information content (AvgIpc) is 3.37. The van der Waals surface area contributed by atoms with Crippen molar-refractivity contribution >= 4 is 32.7 Å². The second-order valence-corrected chi connectivity index (χ2v) is 10.1. The number of aryl methyl sites for hydroxylation is 1. The van der Waals surface area contributed by atoms with E-state index in [1.54, 1.807) is 18.5 Å². The summed E-state index contributed by atoms with van der Waals surface area (Å²) in [5.74, 6) is -0.315. The number of aromatic nitrogens is 2. The Labute approximate surface area is 209 Å². The number of rotatable bonds is 7. The lowest BCUT2D eigenvalue weighted by Gasteiger charge is -2.20. The summed E-state index contributed by atoms with van der Waals surface area (Å²) in [6.07, 6.45) is 1.63. The minimum Gasteiger partial charge on any atom is -0.345 e. The van der Waals surface area contributed by atoms with Crippen molar-refractivity contribution in [1.82, 2.24) is 15.3 Å². The first kappa shape index (κ1) is 23.3. The first-order valence-electron chi connectivity index (χ1n) is 11.4. The normalized spacial score (nSPS) is 12.2. The van der Waals surface area contributed by atoms with Crippen LogP contribution in [-0.2, 0) is 10.0 Å². The summed E-state index contributed by atoms with van der Waals surface area (Å²) in [5, 5.41) is 3.09. The topological polar surface area (TPSA) is 104 Å². The van der Waals surface area contributed by atoms with Crippen molar-refractivity contribution in [3.63, 3.8) is 0 Å². The molecule has 7 nitrogen and oxygen atoms in total. The lowest BCUT2D eigenvalue weighted by atomic mass is 9.97. The highest BCUT2D eigenvalue weighted by Gasteiger charge is 2.20. The third-order valence-electron chi connectivity index (χ3n) is 6.00. The van der Waals surface area contributed by atoms with Crippen molar-refractivity contribution < 1.29 is 13.2 Å². The molecule has 0 aliphatic heterocycles. The number of carbonyl (C=O) groups excluding carboxylic acids is 1. The molecule has 5 aromatic rings. The number of imidazole rings is 1. The Kier molecular flexibility index (Phi) is 6.26. The van der Waals surface area contributed by atoms with Crippen LogP contribution in [0.2, 0.25) is 0 Å². The predicted molar refractivity (Wildman–Crippen MR) is 140 cm³/mol. The van der Waals surface area contributed by atoms with Gasteiger partial charge in [-0.15, -0.1) is 0 Å². The smallest absolute Gasteiger partial charge is 0.261 e. The molecule has 0 radical (unpaired) electrons. The van der Waals surface area contributed by atoms with Gasteiger partial charge < -0.3 is 10.3 Å². The molecule has 1 amide bonds. The van der Waals surface area contributed by atoms with E-state index in [-0.39, 0.29) is 10.8 Å². The number of fused-ring (bicyclic) bond motifs is 1. The number of H-pyrrole nitrogens is 1. The van der Waals surface area contributed by atoms with Crippen LogP contribution in [0.3, 0.4) is 0 Å². The quantitative estimate of drug-likeness (QED) is 0.288. The van der Waals surface area contributed by atoms with Crippen molar-refractivity contribution in [2.24, 2.45) is 0 Å². The van der Waals surface area contributed by atoms with Gasteiger partial charge in [0.25, 0.3) is 15.9 Å². The van der Waals surface area contributed by atoms with Crippen LogP contribution in [0.25, 0.3) is 11.0 Å². The van der Waals surface area contributed by atoms with Gasteiger partial charge in [0.15, 0.2) is 0 Å². The van der Waals surface area contributed by atoms with E-state index >= 15 is 0 Å². The molecule has 0 aliphatic rings. The van der Waals surface area contributed by atoms with E-state index in [1.165, 1.54) is 24.3 Å². The van der Waals surface area contributed by atoms with Gasteiger partial charge in [-0.05, 0) is 66.1 Å². The molecule has 0 bridgehead atoms. The van der Waals surface area contributed by atoms with E-state index < -0.39 is 16.1 Å². The molecule has 4 aromatic carbocycles. The zero-order chi connectivity index (χ0) is 25.1. The minimum atomic E-state index is -3.79. The molecular weight excluding hydrogens is 472 g/mol. The second-order valence-electron chi connectivity index (χ2n) is 8.44. The number of sulfonamides is 1. The molecule has 0 saturated carbocycles. The van der Waals surface area contributed by atoms with E-state index in [4.69, 9.17) is 0 Å². The molecule has 3 N–H and O–H groups in total. The minimum absolute atomic E-state index is 0.0756. The lowest BCUT2D eigenvalue weighted by Crippen LogP contribution is -2.29. The number of amides is 1. The Morgan fingerprint density at radius 1 is 0.861 bits per heavy atom. The second kappa shape index (κ2) is 9.67. The first-order valence-corrected chi connectivity index (χ1v) is 12.9. The zero-order valence-corrected chi connectivity index (χ0v) is 20.3. The van der Waals surface area contributed by atoms with Gasteiger partial charge in [-0.2, -0.15) is 0 Å². The van der Waals surface area contributed by atoms with Crippen LogP contribution in [0.15, 0.2) is 108 Å². The van der Waals surface area contributed by atoms with E-state index in [0.29, 0.717) is 11.3 Å². The maximum atomic E-state index is 13.2. The number of hydrogen-bond donors (Lipinski definition) is 3. The Balaban J connectivity index is 1.39. The number of nitrogens with zero attached hydrogens (tertiary/aromatic N) is 1. The van der Waals surface area contributed by atoms with Crippen LogP contribution in [0.4, 0.5) is 5.69 Å². The van der Waals surface area contributed by atoms with Crippen LogP contribution < -0.4 is 10.0 Å². The van der Waals surface area contributed by atoms with E-state index in [1.807, 2.05) is 67.6 Å². The fourth-order valence-corrected chi connectivity index (χ4v) is 5.16. The molecule has 1 unspecified atom stereocenters. The monoisotopic (exact) mass is 496 g/mol. The largest absolute Gasteiger partial charge is 0.345 e. The summed E-state index contributed by atoms with van der Waals surface area (Å²) in [7, 11) is -3.79. The summed E-state index contributed by atoms with van der Waals surface area (Å²) >= 11 is 0. The van der Waals surface area contributed by atoms with Crippen LogP contribution in [0, 0.1) is 6.92 Å². The molecule has 180 valence electrons. The molecule has 36 heavy (non-hydrogen) atoms. The average molecular weight is 497 g/mol. The molecule has 8 heteroatoms. The third kappa shape index (κ3) is 4.85. The van der Waals surface area contributed by atoms with Gasteiger partial charge in [0, 0.05) is 5.56 Å². The molecule has 0 saturated heterocycles. The van der Waals surface area contributed by atoms with Crippen LogP contribution in [0.5, 0.6) is 0 Å². The summed E-state index contributed by atoms with van der Waals surface area (Å²) in [6.45, 7) is 1.83. The fourth-order valence-electron chi connectivity index (χ4n) is 4.03. The lowest BCUT2D eigenvalue weighted by molar-refractivity contribution is 0.0943. The van der Waals surface area contributed by atoms with Crippen LogP contribution in [0.1, 0.15) is 33.1 Å². The number of para-hydroxylation sites is 1. The summed E-state index contributed by atoms with van der Waals surface area (Å²) < 4.78 is 28.3. The number of hydrogen-bond acceptors (Lipinski definition) is 4. The van der Waals surface area contributed by atoms with Gasteiger partial charge in [-0.1, -0.05) is 54.6 Å².